The number of carbonyl (C=O) groups is 2. The van der Waals surface area contributed by atoms with Crippen molar-refractivity contribution in [3.05, 3.63) is 70.1 Å². The topological polar surface area (TPSA) is 109 Å². The van der Waals surface area contributed by atoms with E-state index in [2.05, 4.69) is 0 Å². The molecule has 136 valence electrons. The lowest BCUT2D eigenvalue weighted by Gasteiger charge is -2.24. The first-order valence-corrected chi connectivity index (χ1v) is 8.30. The van der Waals surface area contributed by atoms with Crippen molar-refractivity contribution in [1.29, 1.82) is 0 Å². The average molecular weight is 365 g/mol. The summed E-state index contributed by atoms with van der Waals surface area (Å²) in [6.07, 6.45) is 0.0254. The van der Waals surface area contributed by atoms with Crippen molar-refractivity contribution in [2.45, 2.75) is 12.3 Å². The lowest BCUT2D eigenvalue weighted by Crippen LogP contribution is -2.26. The highest BCUT2D eigenvalue weighted by atomic mass is 16.5. The molecule has 1 amide bonds. The van der Waals surface area contributed by atoms with Crippen LogP contribution in [0.4, 0.5) is 0 Å². The summed E-state index contributed by atoms with van der Waals surface area (Å²) < 4.78 is 16.0. The molecule has 2 N–H and O–H groups in total. The number of para-hydroxylation sites is 1. The minimum atomic E-state index is -0.576. The number of primary amides is 1. The Morgan fingerprint density at radius 3 is 2.59 bits per heavy atom. The van der Waals surface area contributed by atoms with Gasteiger partial charge in [0.1, 0.15) is 11.3 Å². The second-order valence-corrected chi connectivity index (χ2v) is 6.18. The predicted octanol–water partition coefficient (Wildman–Crippen LogP) is 2.10. The lowest BCUT2D eigenvalue weighted by molar-refractivity contribution is -0.135. The maximum Gasteiger partial charge on any atom is 0.343 e. The maximum atomic E-state index is 12.6. The molecule has 2 aromatic carbocycles. The first kappa shape index (κ1) is 16.8. The van der Waals surface area contributed by atoms with Crippen LogP contribution >= 0.6 is 0 Å². The van der Waals surface area contributed by atoms with Crippen molar-refractivity contribution in [2.75, 3.05) is 6.61 Å². The number of fused-ring (bicyclic) bond motifs is 3. The van der Waals surface area contributed by atoms with Gasteiger partial charge in [0.25, 0.3) is 5.91 Å². The third kappa shape index (κ3) is 3.15. The molecule has 1 atom stereocenters. The number of ether oxygens (including phenoxy) is 2. The Bertz CT molecular complexity index is 1100. The Hall–Kier alpha value is -3.61. The van der Waals surface area contributed by atoms with Gasteiger partial charge in [0, 0.05) is 5.92 Å². The molecule has 1 aliphatic heterocycles. The second-order valence-electron chi connectivity index (χ2n) is 6.18. The molecule has 0 saturated carbocycles. The smallest absolute Gasteiger partial charge is 0.343 e. The highest BCUT2D eigenvalue weighted by Gasteiger charge is 2.33. The van der Waals surface area contributed by atoms with Crippen LogP contribution in [0.3, 0.4) is 0 Å². The molecule has 3 aromatic rings. The van der Waals surface area contributed by atoms with Crippen molar-refractivity contribution in [2.24, 2.45) is 5.73 Å². The molecular weight excluding hydrogens is 350 g/mol. The standard InChI is InChI=1S/C20H15NO6/c21-16(22)10-25-12-7-5-11(6-8-12)14-9-17(23)27-19-13-3-1-2-4-15(13)26-20(24)18(14)19/h1-8,14H,9-10H2,(H2,21,22)/t14-/m1/s1. The fourth-order valence-corrected chi connectivity index (χ4v) is 3.21. The fraction of sp³-hybridized carbons (Fsp3) is 0.150. The number of nitrogens with two attached hydrogens (primary N) is 1. The average Bonchev–Trinajstić information content (AvgIpc) is 2.66. The molecule has 2 heterocycles. The summed E-state index contributed by atoms with van der Waals surface area (Å²) >= 11 is 0. The van der Waals surface area contributed by atoms with E-state index in [1.165, 1.54) is 0 Å². The number of hydrogen-bond acceptors (Lipinski definition) is 6. The van der Waals surface area contributed by atoms with E-state index >= 15 is 0 Å². The van der Waals surface area contributed by atoms with Crippen LogP contribution in [-0.2, 0) is 9.59 Å². The van der Waals surface area contributed by atoms with Gasteiger partial charge in [-0.3, -0.25) is 9.59 Å². The van der Waals surface area contributed by atoms with E-state index in [-0.39, 0.29) is 18.8 Å². The third-order valence-electron chi connectivity index (χ3n) is 4.40. The van der Waals surface area contributed by atoms with E-state index in [0.29, 0.717) is 22.3 Å². The van der Waals surface area contributed by atoms with E-state index in [4.69, 9.17) is 19.6 Å². The SMILES string of the molecule is NC(=O)COc1ccc([C@H]2CC(=O)Oc3c2c(=O)oc2ccccc32)cc1. The van der Waals surface area contributed by atoms with Crippen molar-refractivity contribution >= 4 is 22.8 Å². The van der Waals surface area contributed by atoms with Gasteiger partial charge in [0.2, 0.25) is 0 Å². The number of carbonyl (C=O) groups excluding carboxylic acids is 2. The molecule has 27 heavy (non-hydrogen) atoms. The largest absolute Gasteiger partial charge is 0.484 e. The number of benzene rings is 2. The summed E-state index contributed by atoms with van der Waals surface area (Å²) in [7, 11) is 0. The predicted molar refractivity (Wildman–Crippen MR) is 95.7 cm³/mol. The summed E-state index contributed by atoms with van der Waals surface area (Å²) in [5.74, 6) is -0.781. The van der Waals surface area contributed by atoms with E-state index < -0.39 is 23.4 Å². The van der Waals surface area contributed by atoms with E-state index in [9.17, 15) is 14.4 Å². The molecule has 7 heteroatoms. The second kappa shape index (κ2) is 6.60. The number of rotatable bonds is 4. The first-order valence-electron chi connectivity index (χ1n) is 8.30. The molecule has 0 fully saturated rings. The van der Waals surface area contributed by atoms with Gasteiger partial charge in [-0.1, -0.05) is 24.3 Å². The first-order chi connectivity index (χ1) is 13.0. The van der Waals surface area contributed by atoms with E-state index in [0.717, 1.165) is 5.56 Å². The Balaban J connectivity index is 1.77. The van der Waals surface area contributed by atoms with Gasteiger partial charge in [-0.05, 0) is 29.8 Å². The van der Waals surface area contributed by atoms with E-state index in [1.54, 1.807) is 48.5 Å². The lowest BCUT2D eigenvalue weighted by atomic mass is 9.86. The van der Waals surface area contributed by atoms with Crippen LogP contribution < -0.4 is 20.8 Å². The minimum absolute atomic E-state index is 0.0254. The van der Waals surface area contributed by atoms with Crippen molar-refractivity contribution in [1.82, 2.24) is 0 Å². The van der Waals surface area contributed by atoms with Gasteiger partial charge in [-0.2, -0.15) is 0 Å². The summed E-state index contributed by atoms with van der Waals surface area (Å²) in [6, 6.07) is 13.7. The maximum absolute atomic E-state index is 12.6. The van der Waals surface area contributed by atoms with Crippen LogP contribution in [0.5, 0.6) is 11.5 Å². The Morgan fingerprint density at radius 2 is 1.85 bits per heavy atom. The minimum Gasteiger partial charge on any atom is -0.484 e. The van der Waals surface area contributed by atoms with Gasteiger partial charge >= 0.3 is 11.6 Å². The highest BCUT2D eigenvalue weighted by molar-refractivity contribution is 5.90. The number of hydrogen-bond donors (Lipinski definition) is 1. The summed E-state index contributed by atoms with van der Waals surface area (Å²) in [6.45, 7) is -0.229. The molecule has 1 aromatic heterocycles. The zero-order chi connectivity index (χ0) is 19.0. The highest BCUT2D eigenvalue weighted by Crippen LogP contribution is 2.40. The molecule has 0 spiro atoms. The fourth-order valence-electron chi connectivity index (χ4n) is 3.21. The summed E-state index contributed by atoms with van der Waals surface area (Å²) in [5, 5.41) is 0.576. The molecule has 0 bridgehead atoms. The zero-order valence-corrected chi connectivity index (χ0v) is 14.1. The van der Waals surface area contributed by atoms with Crippen molar-refractivity contribution in [3.8, 4) is 11.5 Å². The number of esters is 1. The van der Waals surface area contributed by atoms with Gasteiger partial charge < -0.3 is 19.6 Å². The molecule has 0 radical (unpaired) electrons. The Labute approximate surface area is 153 Å². The van der Waals surface area contributed by atoms with Crippen LogP contribution in [0.1, 0.15) is 23.5 Å². The van der Waals surface area contributed by atoms with E-state index in [1.807, 2.05) is 0 Å². The Morgan fingerprint density at radius 1 is 1.11 bits per heavy atom. The molecular formula is C20H15NO6. The molecule has 0 saturated heterocycles. The van der Waals surface area contributed by atoms with Gasteiger partial charge in [0.05, 0.1) is 17.4 Å². The normalized spacial score (nSPS) is 15.9. The van der Waals surface area contributed by atoms with Crippen LogP contribution in [0.25, 0.3) is 11.0 Å². The third-order valence-corrected chi connectivity index (χ3v) is 4.40. The summed E-state index contributed by atoms with van der Waals surface area (Å²) in [5.41, 5.74) is 5.95. The van der Waals surface area contributed by atoms with Gasteiger partial charge in [-0.15, -0.1) is 0 Å². The Kier molecular flexibility index (Phi) is 4.12. The molecule has 0 aliphatic carbocycles. The van der Waals surface area contributed by atoms with Crippen LogP contribution in [0.2, 0.25) is 0 Å². The molecule has 0 unspecified atom stereocenters. The van der Waals surface area contributed by atoms with Crippen LogP contribution in [-0.4, -0.2) is 18.5 Å². The van der Waals surface area contributed by atoms with Crippen LogP contribution in [0, 0.1) is 0 Å². The van der Waals surface area contributed by atoms with Gasteiger partial charge in [0.15, 0.2) is 12.4 Å². The van der Waals surface area contributed by atoms with Crippen molar-refractivity contribution in [3.63, 3.8) is 0 Å². The number of amides is 1. The van der Waals surface area contributed by atoms with Crippen LogP contribution in [0.15, 0.2) is 57.7 Å². The molecule has 7 nitrogen and oxygen atoms in total. The quantitative estimate of drug-likeness (QED) is 0.560. The summed E-state index contributed by atoms with van der Waals surface area (Å²) in [4.78, 5) is 35.6. The zero-order valence-electron chi connectivity index (χ0n) is 14.1. The monoisotopic (exact) mass is 365 g/mol. The molecule has 1 aliphatic rings. The van der Waals surface area contributed by atoms with Gasteiger partial charge in [-0.25, -0.2) is 4.79 Å². The van der Waals surface area contributed by atoms with Crippen molar-refractivity contribution < 1.29 is 23.5 Å². The molecule has 4 rings (SSSR count).